The summed E-state index contributed by atoms with van der Waals surface area (Å²) in [5.74, 6) is -0.176. The average molecular weight is 391 g/mol. The molecule has 1 amide bonds. The second kappa shape index (κ2) is 8.23. The van der Waals surface area contributed by atoms with E-state index in [0.717, 1.165) is 28.5 Å². The molecule has 0 saturated carbocycles. The lowest BCUT2D eigenvalue weighted by atomic mass is 10.2. The Morgan fingerprint density at radius 3 is 2.71 bits per heavy atom. The molecule has 0 aliphatic carbocycles. The summed E-state index contributed by atoms with van der Waals surface area (Å²) in [6, 6.07) is 19.3. The second-order valence-corrected chi connectivity index (χ2v) is 6.96. The molecule has 4 aromatic rings. The minimum atomic E-state index is -0.176. The number of halogens is 1. The molecule has 28 heavy (non-hydrogen) atoms. The Hall–Kier alpha value is -3.18. The van der Waals surface area contributed by atoms with Gasteiger partial charge < -0.3 is 5.32 Å². The molecule has 2 aromatic carbocycles. The second-order valence-electron chi connectivity index (χ2n) is 6.52. The van der Waals surface area contributed by atoms with Crippen molar-refractivity contribution in [3.8, 4) is 0 Å². The summed E-state index contributed by atoms with van der Waals surface area (Å²) in [6.07, 6.45) is 4.27. The summed E-state index contributed by atoms with van der Waals surface area (Å²) in [5, 5.41) is 9.07. The molecule has 140 valence electrons. The topological polar surface area (TPSA) is 59.8 Å². The van der Waals surface area contributed by atoms with Crippen molar-refractivity contribution in [1.29, 1.82) is 0 Å². The van der Waals surface area contributed by atoms with Gasteiger partial charge in [-0.3, -0.25) is 14.5 Å². The molecule has 0 saturated heterocycles. The van der Waals surface area contributed by atoms with E-state index in [9.17, 15) is 4.79 Å². The molecule has 5 nitrogen and oxygen atoms in total. The Morgan fingerprint density at radius 2 is 1.89 bits per heavy atom. The Balaban J connectivity index is 1.54. The van der Waals surface area contributed by atoms with Crippen molar-refractivity contribution < 1.29 is 4.79 Å². The molecule has 4 rings (SSSR count). The molecule has 0 radical (unpaired) electrons. The minimum absolute atomic E-state index is 0.176. The lowest BCUT2D eigenvalue weighted by molar-refractivity contribution is 0.0950. The number of pyridine rings is 1. The molecule has 2 heterocycles. The molecule has 1 N–H and O–H groups in total. The zero-order chi connectivity index (χ0) is 19.3. The van der Waals surface area contributed by atoms with Crippen LogP contribution in [0.15, 0.2) is 73.1 Å². The summed E-state index contributed by atoms with van der Waals surface area (Å²) < 4.78 is 1.84. The fourth-order valence-corrected chi connectivity index (χ4v) is 3.39. The molecule has 0 aliphatic heterocycles. The number of carbonyl (C=O) groups is 1. The maximum absolute atomic E-state index is 12.7. The van der Waals surface area contributed by atoms with Crippen LogP contribution in [0.3, 0.4) is 0 Å². The van der Waals surface area contributed by atoms with Crippen molar-refractivity contribution in [2.75, 3.05) is 6.54 Å². The first kappa shape index (κ1) is 18.2. The van der Waals surface area contributed by atoms with Gasteiger partial charge in [0.25, 0.3) is 5.91 Å². The SMILES string of the molecule is O=C(NCCc1cccnc1)c1nn(Cc2cccc(Cl)c2)c2ccccc12. The highest BCUT2D eigenvalue weighted by molar-refractivity contribution is 6.30. The Morgan fingerprint density at radius 1 is 1.04 bits per heavy atom. The zero-order valence-electron chi connectivity index (χ0n) is 15.2. The minimum Gasteiger partial charge on any atom is -0.350 e. The quantitative estimate of drug-likeness (QED) is 0.539. The first-order valence-electron chi connectivity index (χ1n) is 9.08. The summed E-state index contributed by atoms with van der Waals surface area (Å²) in [5.41, 5.74) is 3.46. The summed E-state index contributed by atoms with van der Waals surface area (Å²) >= 11 is 6.09. The third-order valence-corrected chi connectivity index (χ3v) is 4.75. The Kier molecular flexibility index (Phi) is 5.35. The van der Waals surface area contributed by atoms with Gasteiger partial charge in [-0.2, -0.15) is 5.10 Å². The van der Waals surface area contributed by atoms with Crippen LogP contribution in [0.2, 0.25) is 5.02 Å². The zero-order valence-corrected chi connectivity index (χ0v) is 15.9. The maximum atomic E-state index is 12.7. The first-order valence-corrected chi connectivity index (χ1v) is 9.45. The molecule has 0 atom stereocenters. The maximum Gasteiger partial charge on any atom is 0.272 e. The lowest BCUT2D eigenvalue weighted by Crippen LogP contribution is -2.26. The number of fused-ring (bicyclic) bond motifs is 1. The smallest absolute Gasteiger partial charge is 0.272 e. The van der Waals surface area contributed by atoms with Gasteiger partial charge in [0.2, 0.25) is 0 Å². The van der Waals surface area contributed by atoms with Crippen LogP contribution in [0.25, 0.3) is 10.9 Å². The molecule has 0 aliphatic rings. The lowest BCUT2D eigenvalue weighted by Gasteiger charge is -2.04. The highest BCUT2D eigenvalue weighted by Gasteiger charge is 2.16. The molecule has 0 spiro atoms. The number of amides is 1. The summed E-state index contributed by atoms with van der Waals surface area (Å²) in [6.45, 7) is 1.07. The third-order valence-electron chi connectivity index (χ3n) is 4.52. The number of hydrogen-bond donors (Lipinski definition) is 1. The Labute approximate surface area is 168 Å². The molecule has 0 bridgehead atoms. The normalized spacial score (nSPS) is 10.9. The van der Waals surface area contributed by atoms with Crippen molar-refractivity contribution in [2.45, 2.75) is 13.0 Å². The van der Waals surface area contributed by atoms with E-state index in [0.29, 0.717) is 23.8 Å². The van der Waals surface area contributed by atoms with Gasteiger partial charge in [0.15, 0.2) is 5.69 Å². The number of benzene rings is 2. The average Bonchev–Trinajstić information content (AvgIpc) is 3.07. The summed E-state index contributed by atoms with van der Waals surface area (Å²) in [7, 11) is 0. The summed E-state index contributed by atoms with van der Waals surface area (Å²) in [4.78, 5) is 16.8. The number of rotatable bonds is 6. The number of para-hydroxylation sites is 1. The molecule has 0 fully saturated rings. The highest BCUT2D eigenvalue weighted by atomic mass is 35.5. The van der Waals surface area contributed by atoms with Gasteiger partial charge in [-0.1, -0.05) is 48.0 Å². The van der Waals surface area contributed by atoms with E-state index in [2.05, 4.69) is 15.4 Å². The van der Waals surface area contributed by atoms with Crippen molar-refractivity contribution in [1.82, 2.24) is 20.1 Å². The van der Waals surface area contributed by atoms with Crippen LogP contribution in [0, 0.1) is 0 Å². The number of aromatic nitrogens is 3. The van der Waals surface area contributed by atoms with Crippen LogP contribution in [0.5, 0.6) is 0 Å². The van der Waals surface area contributed by atoms with Crippen molar-refractivity contribution in [3.05, 3.63) is 94.9 Å². The van der Waals surface area contributed by atoms with Gasteiger partial charge in [-0.05, 0) is 41.8 Å². The van der Waals surface area contributed by atoms with Crippen molar-refractivity contribution in [2.24, 2.45) is 0 Å². The standard InChI is InChI=1S/C22H19ClN4O/c23-18-7-3-5-17(13-18)15-27-20-9-2-1-8-19(20)21(26-27)22(28)25-12-10-16-6-4-11-24-14-16/h1-9,11,13-14H,10,12,15H2,(H,25,28). The van der Waals surface area contributed by atoms with Crippen LogP contribution in [0.4, 0.5) is 0 Å². The van der Waals surface area contributed by atoms with Gasteiger partial charge in [-0.25, -0.2) is 0 Å². The van der Waals surface area contributed by atoms with Crippen LogP contribution in [-0.2, 0) is 13.0 Å². The Bertz CT molecular complexity index is 1110. The number of carbonyl (C=O) groups excluding carboxylic acids is 1. The van der Waals surface area contributed by atoms with Gasteiger partial charge in [0, 0.05) is 29.3 Å². The van der Waals surface area contributed by atoms with Gasteiger partial charge in [-0.15, -0.1) is 0 Å². The van der Waals surface area contributed by atoms with Crippen LogP contribution >= 0.6 is 11.6 Å². The van der Waals surface area contributed by atoms with Gasteiger partial charge in [0.05, 0.1) is 12.1 Å². The van der Waals surface area contributed by atoms with Gasteiger partial charge >= 0.3 is 0 Å². The van der Waals surface area contributed by atoms with Crippen LogP contribution in [-0.4, -0.2) is 27.2 Å². The van der Waals surface area contributed by atoms with E-state index in [1.165, 1.54) is 0 Å². The largest absolute Gasteiger partial charge is 0.350 e. The monoisotopic (exact) mass is 390 g/mol. The molecule has 6 heteroatoms. The van der Waals surface area contributed by atoms with Gasteiger partial charge in [0.1, 0.15) is 0 Å². The predicted octanol–water partition coefficient (Wildman–Crippen LogP) is 4.11. The molecular weight excluding hydrogens is 372 g/mol. The van der Waals surface area contributed by atoms with Crippen LogP contribution in [0.1, 0.15) is 21.6 Å². The van der Waals surface area contributed by atoms with E-state index in [1.54, 1.807) is 12.4 Å². The van der Waals surface area contributed by atoms with E-state index >= 15 is 0 Å². The van der Waals surface area contributed by atoms with Crippen molar-refractivity contribution in [3.63, 3.8) is 0 Å². The van der Waals surface area contributed by atoms with Crippen LogP contribution < -0.4 is 5.32 Å². The fraction of sp³-hybridized carbons (Fsp3) is 0.136. The van der Waals surface area contributed by atoms with E-state index < -0.39 is 0 Å². The third kappa shape index (κ3) is 4.05. The van der Waals surface area contributed by atoms with E-state index in [-0.39, 0.29) is 5.91 Å². The van der Waals surface area contributed by atoms with Crippen molar-refractivity contribution >= 4 is 28.4 Å². The van der Waals surface area contributed by atoms with E-state index in [1.807, 2.05) is 65.3 Å². The number of hydrogen-bond acceptors (Lipinski definition) is 3. The number of nitrogens with zero attached hydrogens (tertiary/aromatic N) is 3. The highest BCUT2D eigenvalue weighted by Crippen LogP contribution is 2.20. The fourth-order valence-electron chi connectivity index (χ4n) is 3.17. The predicted molar refractivity (Wildman–Crippen MR) is 111 cm³/mol. The van der Waals surface area contributed by atoms with E-state index in [4.69, 9.17) is 11.6 Å². The molecule has 2 aromatic heterocycles. The molecule has 0 unspecified atom stereocenters. The molecular formula is C22H19ClN4O. The first-order chi connectivity index (χ1) is 13.7. The number of nitrogens with one attached hydrogen (secondary N) is 1.